The van der Waals surface area contributed by atoms with E-state index >= 15 is 0 Å². The number of hydrogen-bond donors (Lipinski definition) is 1. The maximum absolute atomic E-state index is 12.8. The molecule has 4 fully saturated rings. The lowest BCUT2D eigenvalue weighted by Crippen LogP contribution is -2.49. The van der Waals surface area contributed by atoms with Crippen molar-refractivity contribution in [2.24, 2.45) is 23.2 Å². The molecule has 6 nitrogen and oxygen atoms in total. The second kappa shape index (κ2) is 13.8. The first kappa shape index (κ1) is 39.0. The summed E-state index contributed by atoms with van der Waals surface area (Å²) < 4.78 is 19.1. The van der Waals surface area contributed by atoms with Gasteiger partial charge in [0, 0.05) is 6.42 Å². The summed E-state index contributed by atoms with van der Waals surface area (Å²) in [5, 5.41) is 9.32. The molecule has 0 aromatic carbocycles. The lowest BCUT2D eigenvalue weighted by molar-refractivity contribution is -0.125. The molecule has 0 unspecified atom stereocenters. The number of ketones is 1. The maximum atomic E-state index is 12.8. The number of fused-ring (bicyclic) bond motifs is 1. The molecule has 0 radical (unpaired) electrons. The molecule has 4 saturated carbocycles. The first-order valence-electron chi connectivity index (χ1n) is 18.5. The molecular formula is C40H66O6Si2. The Morgan fingerprint density at radius 2 is 1.56 bits per heavy atom. The zero-order valence-electron chi connectivity index (χ0n) is 32.3. The predicted molar refractivity (Wildman–Crippen MR) is 201 cm³/mol. The van der Waals surface area contributed by atoms with E-state index in [-0.39, 0.29) is 39.4 Å². The lowest BCUT2D eigenvalue weighted by atomic mass is 9.61. The minimum atomic E-state index is -2.03. The number of ether oxygens (including phenoxy) is 1. The summed E-state index contributed by atoms with van der Waals surface area (Å²) in [5.74, 6) is 0.988. The highest BCUT2D eigenvalue weighted by molar-refractivity contribution is 6.74. The standard InChI is InChI=1S/C40H66O6Si2/c1-27(16-21-35(41)40(23-24-40)44-36(42)43)32-19-20-33-29(15-14-22-39(32,33)9)17-18-30-25-31(45-47(10,11)37(3,4)5)26-34(28(30)2)46-48(12,13)38(6,7)8/h16-18,21,27,31-34H,2,14-15,19-20,22-26H2,1,3-13H3,(H,42,43)/b21-16+,29-17+,30-18+/t27-,31-,32-,33+,34+,39-/m1/s1. The van der Waals surface area contributed by atoms with Crippen LogP contribution in [0.15, 0.2) is 47.6 Å². The van der Waals surface area contributed by atoms with Crippen LogP contribution in [0.1, 0.15) is 113 Å². The molecule has 0 aliphatic heterocycles. The highest BCUT2D eigenvalue weighted by Crippen LogP contribution is 2.59. The smallest absolute Gasteiger partial charge is 0.450 e. The highest BCUT2D eigenvalue weighted by atomic mass is 28.4. The Morgan fingerprint density at radius 1 is 0.958 bits per heavy atom. The van der Waals surface area contributed by atoms with Gasteiger partial charge in [-0.3, -0.25) is 4.79 Å². The first-order valence-corrected chi connectivity index (χ1v) is 24.3. The molecule has 8 heteroatoms. The van der Waals surface area contributed by atoms with E-state index in [9.17, 15) is 9.59 Å². The van der Waals surface area contributed by atoms with Crippen molar-refractivity contribution in [3.8, 4) is 0 Å². The topological polar surface area (TPSA) is 82.1 Å². The lowest BCUT2D eigenvalue weighted by Gasteiger charge is -2.45. The van der Waals surface area contributed by atoms with Crippen molar-refractivity contribution in [3.05, 3.63) is 47.6 Å². The van der Waals surface area contributed by atoms with E-state index in [1.165, 1.54) is 18.4 Å². The summed E-state index contributed by atoms with van der Waals surface area (Å²) in [6, 6.07) is 0. The molecule has 6 atom stereocenters. The fourth-order valence-electron chi connectivity index (χ4n) is 8.11. The second-order valence-electron chi connectivity index (χ2n) is 18.8. The van der Waals surface area contributed by atoms with Gasteiger partial charge >= 0.3 is 6.16 Å². The van der Waals surface area contributed by atoms with Gasteiger partial charge in [-0.25, -0.2) is 4.79 Å². The van der Waals surface area contributed by atoms with Crippen molar-refractivity contribution >= 4 is 28.6 Å². The van der Waals surface area contributed by atoms with Crippen molar-refractivity contribution in [1.29, 1.82) is 0 Å². The summed E-state index contributed by atoms with van der Waals surface area (Å²) >= 11 is 0. The Hall–Kier alpha value is -1.75. The normalized spacial score (nSPS) is 32.0. The van der Waals surface area contributed by atoms with E-state index < -0.39 is 28.4 Å². The Labute approximate surface area is 294 Å². The third-order valence-electron chi connectivity index (χ3n) is 13.4. The summed E-state index contributed by atoms with van der Waals surface area (Å²) in [7, 11) is -4.00. The van der Waals surface area contributed by atoms with E-state index in [0.717, 1.165) is 37.7 Å². The van der Waals surface area contributed by atoms with Crippen LogP contribution in [-0.4, -0.2) is 51.5 Å². The molecule has 48 heavy (non-hydrogen) atoms. The average Bonchev–Trinajstić information content (AvgIpc) is 3.62. The number of carboxylic acid groups (broad SMARTS) is 1. The molecule has 0 bridgehead atoms. The maximum Gasteiger partial charge on any atom is 0.506 e. The van der Waals surface area contributed by atoms with Crippen LogP contribution < -0.4 is 0 Å². The van der Waals surface area contributed by atoms with Crippen LogP contribution in [0, 0.1) is 23.2 Å². The quantitative estimate of drug-likeness (QED) is 0.139. The molecule has 4 aliphatic rings. The van der Waals surface area contributed by atoms with Gasteiger partial charge in [0.05, 0.1) is 12.2 Å². The zero-order valence-corrected chi connectivity index (χ0v) is 34.3. The van der Waals surface area contributed by atoms with Gasteiger partial charge in [0.25, 0.3) is 0 Å². The summed E-state index contributed by atoms with van der Waals surface area (Å²) in [6.45, 7) is 32.6. The Kier molecular flexibility index (Phi) is 11.2. The monoisotopic (exact) mass is 698 g/mol. The molecule has 0 amide bonds. The van der Waals surface area contributed by atoms with Crippen LogP contribution in [-0.2, 0) is 18.4 Å². The molecule has 0 heterocycles. The predicted octanol–water partition coefficient (Wildman–Crippen LogP) is 11.2. The fourth-order valence-corrected chi connectivity index (χ4v) is 10.8. The number of carbonyl (C=O) groups excluding carboxylic acids is 1. The zero-order chi connectivity index (χ0) is 36.1. The fraction of sp³-hybridized carbons (Fsp3) is 0.750. The average molecular weight is 699 g/mol. The third-order valence-corrected chi connectivity index (χ3v) is 22.4. The van der Waals surface area contributed by atoms with Gasteiger partial charge < -0.3 is 18.7 Å². The molecule has 0 spiro atoms. The molecule has 1 N–H and O–H groups in total. The largest absolute Gasteiger partial charge is 0.506 e. The van der Waals surface area contributed by atoms with E-state index in [0.29, 0.717) is 24.7 Å². The van der Waals surface area contributed by atoms with Gasteiger partial charge in [-0.2, -0.15) is 0 Å². The summed E-state index contributed by atoms with van der Waals surface area (Å²) in [4.78, 5) is 23.9. The van der Waals surface area contributed by atoms with Crippen LogP contribution in [0.5, 0.6) is 0 Å². The summed E-state index contributed by atoms with van der Waals surface area (Å²) in [5.41, 5.74) is 2.95. The molecule has 0 saturated heterocycles. The molecule has 0 aromatic rings. The SMILES string of the molecule is C=C1/C(=C/C=C2\CCC[C@]3(C)[C@@H]([C@H](C)/C=C/C(=O)C4(OC(=O)O)CC4)CC[C@@H]23)C[C@@H](O[Si](C)(C)C(C)(C)C)C[C@@H]1O[Si](C)(C)C(C)(C)C. The van der Waals surface area contributed by atoms with Gasteiger partial charge in [0.1, 0.15) is 0 Å². The van der Waals surface area contributed by atoms with Crippen molar-refractivity contribution in [3.63, 3.8) is 0 Å². The molecule has 270 valence electrons. The third kappa shape index (κ3) is 8.24. The van der Waals surface area contributed by atoms with Crippen molar-refractivity contribution in [2.75, 3.05) is 0 Å². The number of rotatable bonds is 10. The van der Waals surface area contributed by atoms with Gasteiger partial charge in [-0.1, -0.05) is 85.8 Å². The van der Waals surface area contributed by atoms with Gasteiger partial charge in [0.2, 0.25) is 0 Å². The highest BCUT2D eigenvalue weighted by Gasteiger charge is 2.54. The van der Waals surface area contributed by atoms with Gasteiger partial charge in [-0.05, 0) is 128 Å². The van der Waals surface area contributed by atoms with E-state index in [2.05, 4.69) is 100 Å². The number of allylic oxidation sites excluding steroid dienone is 4. The number of hydrogen-bond acceptors (Lipinski definition) is 5. The van der Waals surface area contributed by atoms with Crippen LogP contribution in [0.3, 0.4) is 0 Å². The Bertz CT molecular complexity index is 1340. The molecule has 4 rings (SSSR count). The number of carbonyl (C=O) groups is 2. The van der Waals surface area contributed by atoms with Crippen LogP contribution in [0.2, 0.25) is 36.3 Å². The summed E-state index contributed by atoms with van der Waals surface area (Å²) in [6.07, 6.45) is 15.6. The van der Waals surface area contributed by atoms with E-state index in [1.807, 2.05) is 6.08 Å². The van der Waals surface area contributed by atoms with Crippen LogP contribution in [0.4, 0.5) is 4.79 Å². The van der Waals surface area contributed by atoms with Gasteiger partial charge in [-0.15, -0.1) is 0 Å². The van der Waals surface area contributed by atoms with Crippen molar-refractivity contribution < 1.29 is 28.3 Å². The van der Waals surface area contributed by atoms with E-state index in [4.69, 9.17) is 18.7 Å². The van der Waals surface area contributed by atoms with Crippen molar-refractivity contribution in [1.82, 2.24) is 0 Å². The minimum Gasteiger partial charge on any atom is -0.450 e. The first-order chi connectivity index (χ1) is 21.9. The molecule has 4 aliphatic carbocycles. The van der Waals surface area contributed by atoms with Gasteiger partial charge in [0.15, 0.2) is 28.0 Å². The molecular weight excluding hydrogens is 633 g/mol. The Morgan fingerprint density at radius 3 is 2.12 bits per heavy atom. The molecule has 0 aromatic heterocycles. The Balaban J connectivity index is 1.56. The van der Waals surface area contributed by atoms with Crippen molar-refractivity contribution in [2.45, 2.75) is 167 Å². The van der Waals surface area contributed by atoms with Crippen LogP contribution in [0.25, 0.3) is 0 Å². The van der Waals surface area contributed by atoms with Crippen LogP contribution >= 0.6 is 0 Å². The van der Waals surface area contributed by atoms with E-state index in [1.54, 1.807) is 11.6 Å². The second-order valence-corrected chi connectivity index (χ2v) is 28.3. The minimum absolute atomic E-state index is 0.0300.